The third-order valence-corrected chi connectivity index (χ3v) is 8.61. The molecule has 0 unspecified atom stereocenters. The van der Waals surface area contributed by atoms with Crippen LogP contribution in [0, 0.1) is 25.2 Å². The number of carbonyl (C=O) groups excluding carboxylic acids is 3. The highest BCUT2D eigenvalue weighted by atomic mass is 32.1. The smallest absolute Gasteiger partial charge is 0.308 e. The van der Waals surface area contributed by atoms with Crippen LogP contribution in [0.15, 0.2) is 35.9 Å². The average Bonchev–Trinajstić information content (AvgIpc) is 3.36. The summed E-state index contributed by atoms with van der Waals surface area (Å²) >= 11 is 1.65. The maximum absolute atomic E-state index is 13.5. The molecule has 2 aliphatic rings. The highest BCUT2D eigenvalue weighted by Gasteiger charge is 2.37. The number of nitrogens with zero attached hydrogens (tertiary/aromatic N) is 3. The predicted molar refractivity (Wildman–Crippen MR) is 149 cm³/mol. The SMILES string of the molecule is Cc1cc(/C=C2\C(=O)NC(=O)N(c3ccc(C(C)(C)C)cc3)C2=O)c(C)n1-c1sc2c(c1C#N)CCCC2. The zero-order chi connectivity index (χ0) is 27.4. The van der Waals surface area contributed by atoms with Crippen LogP contribution in [0.5, 0.6) is 0 Å². The Labute approximate surface area is 226 Å². The molecule has 0 spiro atoms. The Hall–Kier alpha value is -3.96. The predicted octanol–water partition coefficient (Wildman–Crippen LogP) is 5.87. The number of nitriles is 1. The van der Waals surface area contributed by atoms with E-state index in [1.165, 1.54) is 4.88 Å². The highest BCUT2D eigenvalue weighted by Crippen LogP contribution is 2.38. The van der Waals surface area contributed by atoms with Gasteiger partial charge in [-0.15, -0.1) is 11.3 Å². The van der Waals surface area contributed by atoms with Gasteiger partial charge in [0.1, 0.15) is 16.6 Å². The fourth-order valence-electron chi connectivity index (χ4n) is 5.23. The van der Waals surface area contributed by atoms with Crippen molar-refractivity contribution in [1.82, 2.24) is 9.88 Å². The minimum absolute atomic E-state index is 0.0798. The van der Waals surface area contributed by atoms with E-state index in [-0.39, 0.29) is 11.0 Å². The van der Waals surface area contributed by atoms with E-state index >= 15 is 0 Å². The summed E-state index contributed by atoms with van der Waals surface area (Å²) in [4.78, 5) is 41.2. The largest absolute Gasteiger partial charge is 0.335 e. The molecule has 38 heavy (non-hydrogen) atoms. The van der Waals surface area contributed by atoms with E-state index < -0.39 is 17.8 Å². The van der Waals surface area contributed by atoms with Gasteiger partial charge in [0.15, 0.2) is 0 Å². The van der Waals surface area contributed by atoms with Crippen LogP contribution < -0.4 is 10.2 Å². The number of thiophene rings is 1. The van der Waals surface area contributed by atoms with Gasteiger partial charge in [0.05, 0.1) is 11.3 Å². The highest BCUT2D eigenvalue weighted by molar-refractivity contribution is 7.15. The standard InChI is InChI=1S/C30H30N4O3S/c1-17-14-19(18(2)33(17)28-24(16-31)22-8-6-7-9-25(22)38-28)15-23-26(35)32-29(37)34(27(23)36)21-12-10-20(11-13-21)30(3,4)5/h10-15H,6-9H2,1-5H3,(H,32,35,37)/b23-15+. The van der Waals surface area contributed by atoms with Crippen LogP contribution in [0.1, 0.15) is 72.1 Å². The summed E-state index contributed by atoms with van der Waals surface area (Å²) < 4.78 is 2.04. The van der Waals surface area contributed by atoms with Gasteiger partial charge in [-0.3, -0.25) is 14.9 Å². The van der Waals surface area contributed by atoms with E-state index in [4.69, 9.17) is 0 Å². The topological polar surface area (TPSA) is 95.2 Å². The quantitative estimate of drug-likeness (QED) is 0.341. The first-order valence-electron chi connectivity index (χ1n) is 12.8. The zero-order valence-electron chi connectivity index (χ0n) is 22.3. The number of imide groups is 2. The van der Waals surface area contributed by atoms with E-state index in [0.29, 0.717) is 16.8 Å². The van der Waals surface area contributed by atoms with E-state index in [1.807, 2.05) is 36.6 Å². The van der Waals surface area contributed by atoms with Gasteiger partial charge < -0.3 is 4.57 Å². The van der Waals surface area contributed by atoms with Crippen LogP contribution in [-0.4, -0.2) is 22.4 Å². The number of fused-ring (bicyclic) bond motifs is 1. The first-order valence-corrected chi connectivity index (χ1v) is 13.6. The number of amides is 4. The number of aryl methyl sites for hydroxylation is 2. The number of urea groups is 1. The molecule has 194 valence electrons. The molecule has 1 aromatic carbocycles. The maximum Gasteiger partial charge on any atom is 0.335 e. The van der Waals surface area contributed by atoms with Gasteiger partial charge in [-0.1, -0.05) is 32.9 Å². The maximum atomic E-state index is 13.5. The molecule has 0 radical (unpaired) electrons. The van der Waals surface area contributed by atoms with Crippen molar-refractivity contribution < 1.29 is 14.4 Å². The molecule has 5 rings (SSSR count). The molecule has 1 N–H and O–H groups in total. The lowest BCUT2D eigenvalue weighted by atomic mass is 9.87. The Morgan fingerprint density at radius 2 is 1.74 bits per heavy atom. The summed E-state index contributed by atoms with van der Waals surface area (Å²) in [6.07, 6.45) is 5.66. The van der Waals surface area contributed by atoms with E-state index in [0.717, 1.165) is 58.1 Å². The van der Waals surface area contributed by atoms with Gasteiger partial charge in [-0.05, 0) is 85.9 Å². The lowest BCUT2D eigenvalue weighted by Crippen LogP contribution is -2.54. The second kappa shape index (κ2) is 9.41. The molecule has 7 nitrogen and oxygen atoms in total. The number of hydrogen-bond donors (Lipinski definition) is 1. The van der Waals surface area contributed by atoms with Crippen molar-refractivity contribution in [3.05, 3.63) is 74.4 Å². The Bertz CT molecular complexity index is 1560. The fourth-order valence-corrected chi connectivity index (χ4v) is 6.68. The van der Waals surface area contributed by atoms with Crippen molar-refractivity contribution in [3.63, 3.8) is 0 Å². The lowest BCUT2D eigenvalue weighted by Gasteiger charge is -2.27. The molecular formula is C30H30N4O3S. The molecule has 1 aliphatic carbocycles. The van der Waals surface area contributed by atoms with Gasteiger partial charge in [0, 0.05) is 16.3 Å². The Kier molecular flexibility index (Phi) is 6.36. The number of rotatable bonds is 3. The molecule has 1 saturated heterocycles. The molecule has 0 saturated carbocycles. The van der Waals surface area contributed by atoms with Gasteiger partial charge >= 0.3 is 6.03 Å². The number of barbiturate groups is 1. The number of anilines is 1. The van der Waals surface area contributed by atoms with Gasteiger partial charge in [-0.25, -0.2) is 9.69 Å². The number of carbonyl (C=O) groups is 3. The molecular weight excluding hydrogens is 496 g/mol. The zero-order valence-corrected chi connectivity index (χ0v) is 23.1. The van der Waals surface area contributed by atoms with Crippen molar-refractivity contribution in [2.24, 2.45) is 0 Å². The summed E-state index contributed by atoms with van der Waals surface area (Å²) in [6, 6.07) is 10.8. The summed E-state index contributed by atoms with van der Waals surface area (Å²) in [5, 5.41) is 13.2. The summed E-state index contributed by atoms with van der Waals surface area (Å²) in [7, 11) is 0. The summed E-state index contributed by atoms with van der Waals surface area (Å²) in [6.45, 7) is 10.1. The average molecular weight is 527 g/mol. The van der Waals surface area contributed by atoms with Crippen molar-refractivity contribution in [3.8, 4) is 11.1 Å². The summed E-state index contributed by atoms with van der Waals surface area (Å²) in [5.41, 5.74) is 5.55. The van der Waals surface area contributed by atoms with Crippen molar-refractivity contribution >= 4 is 40.9 Å². The molecule has 3 aromatic rings. The molecule has 0 bridgehead atoms. The molecule has 3 heterocycles. The first kappa shape index (κ1) is 25.7. The van der Waals surface area contributed by atoms with Crippen molar-refractivity contribution in [2.45, 2.75) is 65.7 Å². The van der Waals surface area contributed by atoms with Crippen LogP contribution in [-0.2, 0) is 27.8 Å². The molecule has 8 heteroatoms. The van der Waals surface area contributed by atoms with Gasteiger partial charge in [0.2, 0.25) is 0 Å². The first-order chi connectivity index (χ1) is 18.0. The van der Waals surface area contributed by atoms with Crippen LogP contribution in [0.25, 0.3) is 11.1 Å². The Balaban J connectivity index is 1.54. The minimum Gasteiger partial charge on any atom is -0.308 e. The van der Waals surface area contributed by atoms with Gasteiger partial charge in [0.25, 0.3) is 11.8 Å². The third-order valence-electron chi connectivity index (χ3n) is 7.33. The minimum atomic E-state index is -0.769. The van der Waals surface area contributed by atoms with Crippen LogP contribution in [0.3, 0.4) is 0 Å². The number of hydrogen-bond acceptors (Lipinski definition) is 5. The molecule has 1 fully saturated rings. The van der Waals surface area contributed by atoms with E-state index in [2.05, 4.69) is 32.2 Å². The van der Waals surface area contributed by atoms with Crippen LogP contribution in [0.4, 0.5) is 10.5 Å². The second-order valence-electron chi connectivity index (χ2n) is 10.9. The van der Waals surface area contributed by atoms with E-state index in [9.17, 15) is 19.6 Å². The monoisotopic (exact) mass is 526 g/mol. The molecule has 0 atom stereocenters. The normalized spacial score (nSPS) is 17.0. The van der Waals surface area contributed by atoms with Crippen LogP contribution >= 0.6 is 11.3 Å². The second-order valence-corrected chi connectivity index (χ2v) is 12.0. The molecule has 2 aromatic heterocycles. The van der Waals surface area contributed by atoms with Crippen molar-refractivity contribution in [2.75, 3.05) is 4.90 Å². The lowest BCUT2D eigenvalue weighted by molar-refractivity contribution is -0.122. The molecule has 1 aliphatic heterocycles. The Morgan fingerprint density at radius 1 is 1.05 bits per heavy atom. The number of aromatic nitrogens is 1. The van der Waals surface area contributed by atoms with Gasteiger partial charge in [-0.2, -0.15) is 5.26 Å². The van der Waals surface area contributed by atoms with Crippen LogP contribution in [0.2, 0.25) is 0 Å². The summed E-state index contributed by atoms with van der Waals surface area (Å²) in [5.74, 6) is -1.40. The third kappa shape index (κ3) is 4.27. The Morgan fingerprint density at radius 3 is 2.39 bits per heavy atom. The van der Waals surface area contributed by atoms with Crippen molar-refractivity contribution in [1.29, 1.82) is 5.26 Å². The van der Waals surface area contributed by atoms with E-state index in [1.54, 1.807) is 29.5 Å². The number of benzene rings is 1. The fraction of sp³-hybridized carbons (Fsp3) is 0.333. The number of nitrogens with one attached hydrogen (secondary N) is 1. The molecule has 4 amide bonds.